The Balaban J connectivity index is 1.43. The molecule has 1 aliphatic rings. The normalized spacial score (nSPS) is 15.4. The van der Waals surface area contributed by atoms with E-state index < -0.39 is 0 Å². The quantitative estimate of drug-likeness (QED) is 0.504. The maximum absolute atomic E-state index is 12.3. The Morgan fingerprint density at radius 2 is 1.57 bits per heavy atom. The van der Waals surface area contributed by atoms with Gasteiger partial charge >= 0.3 is 0 Å². The van der Waals surface area contributed by atoms with Gasteiger partial charge in [0, 0.05) is 48.8 Å². The number of piperazine rings is 1. The second-order valence-electron chi connectivity index (χ2n) is 6.64. The van der Waals surface area contributed by atoms with Crippen LogP contribution in [-0.4, -0.2) is 54.2 Å². The predicted molar refractivity (Wildman–Crippen MR) is 116 cm³/mol. The van der Waals surface area contributed by atoms with Crippen LogP contribution in [0.1, 0.15) is 15.9 Å². The molecule has 1 amide bonds. The van der Waals surface area contributed by atoms with Crippen molar-refractivity contribution in [3.63, 3.8) is 0 Å². The van der Waals surface area contributed by atoms with E-state index in [1.807, 2.05) is 30.3 Å². The minimum Gasteiger partial charge on any atom is -0.337 e. The molecular formula is C23H23BrN2O2. The lowest BCUT2D eigenvalue weighted by Gasteiger charge is -2.33. The largest absolute Gasteiger partial charge is 0.337 e. The summed E-state index contributed by atoms with van der Waals surface area (Å²) in [6, 6.07) is 17.3. The fourth-order valence-corrected chi connectivity index (χ4v) is 3.28. The van der Waals surface area contributed by atoms with Crippen molar-refractivity contribution in [2.75, 3.05) is 32.7 Å². The van der Waals surface area contributed by atoms with E-state index >= 15 is 0 Å². The molecule has 0 spiro atoms. The van der Waals surface area contributed by atoms with E-state index in [-0.39, 0.29) is 11.7 Å². The van der Waals surface area contributed by atoms with Crippen molar-refractivity contribution in [2.24, 2.45) is 0 Å². The van der Waals surface area contributed by atoms with Crippen LogP contribution in [0.25, 0.3) is 6.08 Å². The Bertz CT molecular complexity index is 852. The number of carbonyl (C=O) groups excluding carboxylic acids is 2. The van der Waals surface area contributed by atoms with E-state index in [1.54, 1.807) is 17.0 Å². The van der Waals surface area contributed by atoms with Crippen molar-refractivity contribution >= 4 is 33.7 Å². The standard InChI is InChI=1S/C23H23BrN2O2/c24-21-10-8-20(9-11-21)22(27)12-13-23(28)26-17-15-25(16-18-26)14-4-7-19-5-2-1-3-6-19/h1-13H,14-18H2/b7-4+,13-12+. The molecule has 0 unspecified atom stereocenters. The van der Waals surface area contributed by atoms with Crippen LogP contribution in [0.3, 0.4) is 0 Å². The number of halogens is 1. The Morgan fingerprint density at radius 3 is 2.25 bits per heavy atom. The van der Waals surface area contributed by atoms with Gasteiger partial charge in [0.2, 0.25) is 5.91 Å². The molecule has 0 aliphatic carbocycles. The van der Waals surface area contributed by atoms with E-state index in [1.165, 1.54) is 17.7 Å². The number of benzene rings is 2. The van der Waals surface area contributed by atoms with Crippen LogP contribution in [0.4, 0.5) is 0 Å². The molecule has 1 aliphatic heterocycles. The minimum atomic E-state index is -0.162. The summed E-state index contributed by atoms with van der Waals surface area (Å²) in [4.78, 5) is 28.6. The smallest absolute Gasteiger partial charge is 0.246 e. The van der Waals surface area contributed by atoms with Crippen LogP contribution in [0.5, 0.6) is 0 Å². The lowest BCUT2D eigenvalue weighted by molar-refractivity contribution is -0.127. The number of hydrogen-bond acceptors (Lipinski definition) is 3. The van der Waals surface area contributed by atoms with E-state index in [4.69, 9.17) is 0 Å². The zero-order valence-corrected chi connectivity index (χ0v) is 17.2. The van der Waals surface area contributed by atoms with Gasteiger partial charge in [0.1, 0.15) is 0 Å². The molecule has 28 heavy (non-hydrogen) atoms. The van der Waals surface area contributed by atoms with Crippen LogP contribution in [0.15, 0.2) is 77.3 Å². The molecule has 0 radical (unpaired) electrons. The minimum absolute atomic E-state index is 0.107. The Labute approximate surface area is 174 Å². The summed E-state index contributed by atoms with van der Waals surface area (Å²) in [5, 5.41) is 0. The second-order valence-corrected chi connectivity index (χ2v) is 7.56. The van der Waals surface area contributed by atoms with Crippen molar-refractivity contribution in [1.82, 2.24) is 9.80 Å². The molecule has 144 valence electrons. The highest BCUT2D eigenvalue weighted by Crippen LogP contribution is 2.11. The van der Waals surface area contributed by atoms with Crippen molar-refractivity contribution in [3.05, 3.63) is 88.4 Å². The zero-order valence-electron chi connectivity index (χ0n) is 15.6. The summed E-state index contributed by atoms with van der Waals surface area (Å²) < 4.78 is 0.917. The highest BCUT2D eigenvalue weighted by Gasteiger charge is 2.18. The first kappa shape index (κ1) is 20.2. The molecule has 1 saturated heterocycles. The van der Waals surface area contributed by atoms with Gasteiger partial charge in [-0.1, -0.05) is 58.4 Å². The Morgan fingerprint density at radius 1 is 0.893 bits per heavy atom. The van der Waals surface area contributed by atoms with Crippen molar-refractivity contribution < 1.29 is 9.59 Å². The van der Waals surface area contributed by atoms with Crippen molar-refractivity contribution in [1.29, 1.82) is 0 Å². The van der Waals surface area contributed by atoms with E-state index in [0.29, 0.717) is 18.7 Å². The molecule has 0 N–H and O–H groups in total. The lowest BCUT2D eigenvalue weighted by Crippen LogP contribution is -2.48. The summed E-state index contributed by atoms with van der Waals surface area (Å²) in [6.07, 6.45) is 7.02. The number of nitrogens with zero attached hydrogens (tertiary/aromatic N) is 2. The first-order chi connectivity index (χ1) is 13.6. The number of ketones is 1. The van der Waals surface area contributed by atoms with Gasteiger partial charge < -0.3 is 4.90 Å². The third kappa shape index (κ3) is 6.01. The highest BCUT2D eigenvalue weighted by atomic mass is 79.9. The summed E-state index contributed by atoms with van der Waals surface area (Å²) in [7, 11) is 0. The number of allylic oxidation sites excluding steroid dienone is 1. The number of hydrogen-bond donors (Lipinski definition) is 0. The van der Waals surface area contributed by atoms with Gasteiger partial charge in [0.15, 0.2) is 5.78 Å². The number of carbonyl (C=O) groups is 2. The third-order valence-corrected chi connectivity index (χ3v) is 5.19. The highest BCUT2D eigenvalue weighted by molar-refractivity contribution is 9.10. The average Bonchev–Trinajstić information content (AvgIpc) is 2.73. The summed E-state index contributed by atoms with van der Waals surface area (Å²) in [5.74, 6) is -0.268. The van der Waals surface area contributed by atoms with Gasteiger partial charge in [0.05, 0.1) is 0 Å². The molecule has 1 fully saturated rings. The number of amides is 1. The van der Waals surface area contributed by atoms with Crippen molar-refractivity contribution in [3.8, 4) is 0 Å². The second kappa shape index (κ2) is 10.2. The predicted octanol–water partition coefficient (Wildman–Crippen LogP) is 4.05. The SMILES string of the molecule is O=C(/C=C/C(=O)N1CCN(C/C=C/c2ccccc2)CC1)c1ccc(Br)cc1. The monoisotopic (exact) mass is 438 g/mol. The molecule has 0 atom stereocenters. The molecule has 0 saturated carbocycles. The molecule has 2 aromatic carbocycles. The fourth-order valence-electron chi connectivity index (χ4n) is 3.02. The first-order valence-electron chi connectivity index (χ1n) is 9.32. The summed E-state index contributed by atoms with van der Waals surface area (Å²) in [6.45, 7) is 3.89. The van der Waals surface area contributed by atoms with Crippen LogP contribution < -0.4 is 0 Å². The first-order valence-corrected chi connectivity index (χ1v) is 10.1. The maximum Gasteiger partial charge on any atom is 0.246 e. The van der Waals surface area contributed by atoms with Gasteiger partial charge in [-0.2, -0.15) is 0 Å². The molecular weight excluding hydrogens is 416 g/mol. The van der Waals surface area contributed by atoms with Crippen LogP contribution in [0.2, 0.25) is 0 Å². The molecule has 2 aromatic rings. The van der Waals surface area contributed by atoms with Gasteiger partial charge in [-0.3, -0.25) is 14.5 Å². The van der Waals surface area contributed by atoms with Gasteiger partial charge in [0.25, 0.3) is 0 Å². The van der Waals surface area contributed by atoms with E-state index in [0.717, 1.165) is 24.1 Å². The van der Waals surface area contributed by atoms with E-state index in [2.05, 4.69) is 45.1 Å². The van der Waals surface area contributed by atoms with Gasteiger partial charge in [-0.25, -0.2) is 0 Å². The molecule has 1 heterocycles. The van der Waals surface area contributed by atoms with Crippen molar-refractivity contribution in [2.45, 2.75) is 0 Å². The molecule has 4 nitrogen and oxygen atoms in total. The Kier molecular flexibility index (Phi) is 7.34. The maximum atomic E-state index is 12.3. The number of rotatable bonds is 6. The third-order valence-electron chi connectivity index (χ3n) is 4.66. The Hall–Kier alpha value is -2.50. The van der Waals surface area contributed by atoms with Crippen LogP contribution >= 0.6 is 15.9 Å². The molecule has 0 aromatic heterocycles. The van der Waals surface area contributed by atoms with E-state index in [9.17, 15) is 9.59 Å². The van der Waals surface area contributed by atoms with Gasteiger partial charge in [-0.05, 0) is 35.9 Å². The zero-order chi connectivity index (χ0) is 19.8. The van der Waals surface area contributed by atoms with Crippen LogP contribution in [0, 0.1) is 0 Å². The lowest BCUT2D eigenvalue weighted by atomic mass is 10.1. The fraction of sp³-hybridized carbons (Fsp3) is 0.217. The topological polar surface area (TPSA) is 40.6 Å². The molecule has 0 bridgehead atoms. The van der Waals surface area contributed by atoms with Gasteiger partial charge in [-0.15, -0.1) is 0 Å². The van der Waals surface area contributed by atoms with Crippen LogP contribution in [-0.2, 0) is 4.79 Å². The summed E-state index contributed by atoms with van der Waals surface area (Å²) >= 11 is 3.34. The molecule has 5 heteroatoms. The summed E-state index contributed by atoms with van der Waals surface area (Å²) in [5.41, 5.74) is 1.76. The molecule has 3 rings (SSSR count). The average molecular weight is 439 g/mol.